The monoisotopic (exact) mass is 535 g/mol. The maximum absolute atomic E-state index is 11.9. The molecule has 7 nitrogen and oxygen atoms in total. The lowest BCUT2D eigenvalue weighted by Crippen LogP contribution is -2.59. The molecule has 0 bridgehead atoms. The van der Waals surface area contributed by atoms with Crippen molar-refractivity contribution in [2.75, 3.05) is 4.43 Å². The Balaban J connectivity index is 1.84. The zero-order valence-electron chi connectivity index (χ0n) is 17.3. The topological polar surface area (TPSA) is 93.5 Å². The number of hydrogen-bond acceptors (Lipinski definition) is 5. The molecule has 5 atom stereocenters. The minimum atomic E-state index is -0.615. The van der Waals surface area contributed by atoms with Crippen LogP contribution in [0.2, 0.25) is 0 Å². The number of hydrogen-bond donors (Lipinski definition) is 0. The van der Waals surface area contributed by atoms with Crippen molar-refractivity contribution in [2.24, 2.45) is 5.11 Å². The van der Waals surface area contributed by atoms with Crippen LogP contribution < -0.4 is 0 Å². The number of carbonyl (C=O) groups is 1. The van der Waals surface area contributed by atoms with E-state index in [2.05, 4.69) is 32.6 Å². The summed E-state index contributed by atoms with van der Waals surface area (Å²) in [7, 11) is 0. The summed E-state index contributed by atoms with van der Waals surface area (Å²) in [6.07, 6.45) is -1.72. The van der Waals surface area contributed by atoms with Gasteiger partial charge in [0.1, 0.15) is 5.78 Å². The number of carbonyl (C=O) groups excluding carboxylic acids is 1. The molecule has 1 aliphatic rings. The molecule has 0 saturated carbocycles. The second kappa shape index (κ2) is 12.2. The Bertz CT molecular complexity index is 877. The van der Waals surface area contributed by atoms with Gasteiger partial charge in [-0.05, 0) is 23.6 Å². The molecule has 0 N–H and O–H groups in total. The van der Waals surface area contributed by atoms with Crippen LogP contribution in [0.3, 0.4) is 0 Å². The van der Waals surface area contributed by atoms with Gasteiger partial charge in [0.2, 0.25) is 0 Å². The Morgan fingerprint density at radius 3 is 1.97 bits per heavy atom. The Kier molecular flexibility index (Phi) is 9.30. The maximum Gasteiger partial charge on any atom is 0.132 e. The van der Waals surface area contributed by atoms with Gasteiger partial charge in [0, 0.05) is 15.8 Å². The number of azide groups is 1. The molecule has 1 heterocycles. The van der Waals surface area contributed by atoms with E-state index in [9.17, 15) is 10.3 Å². The molecule has 31 heavy (non-hydrogen) atoms. The van der Waals surface area contributed by atoms with Crippen LogP contribution in [0.5, 0.6) is 0 Å². The standard InChI is InChI=1S/C23H26IN3O4/c1-16(28)12-19-22(29-14-17-8-4-2-5-9-17)21(26-27-25)23(20(13-24)31-19)30-15-18-10-6-3-7-11-18/h2-11,19-23H,12-15H2,1H3/t19-,20+,21-,22-,23+/m0/s1. The lowest BCUT2D eigenvalue weighted by Gasteiger charge is -2.44. The second-order valence-corrected chi connectivity index (χ2v) is 8.37. The molecule has 8 heteroatoms. The molecule has 1 fully saturated rings. The third-order valence-corrected chi connectivity index (χ3v) is 6.02. The number of ketones is 1. The molecule has 3 rings (SSSR count). The van der Waals surface area contributed by atoms with E-state index in [0.717, 1.165) is 11.1 Å². The van der Waals surface area contributed by atoms with Crippen LogP contribution in [0.15, 0.2) is 65.8 Å². The third-order valence-electron chi connectivity index (χ3n) is 5.15. The first kappa shape index (κ1) is 23.7. The summed E-state index contributed by atoms with van der Waals surface area (Å²) in [6.45, 7) is 2.21. The second-order valence-electron chi connectivity index (χ2n) is 7.49. The fourth-order valence-corrected chi connectivity index (χ4v) is 4.42. The molecule has 0 spiro atoms. The van der Waals surface area contributed by atoms with E-state index < -0.39 is 24.4 Å². The normalized spacial score (nSPS) is 25.5. The lowest BCUT2D eigenvalue weighted by atomic mass is 9.91. The Hall–Kier alpha value is -1.97. The van der Waals surface area contributed by atoms with Gasteiger partial charge in [0.15, 0.2) is 0 Å². The number of Topliss-reactive ketones (excluding diaryl/α,β-unsaturated/α-hetero) is 1. The van der Waals surface area contributed by atoms with Crippen molar-refractivity contribution in [3.63, 3.8) is 0 Å². The molecule has 2 aromatic carbocycles. The Morgan fingerprint density at radius 2 is 1.52 bits per heavy atom. The van der Waals surface area contributed by atoms with Crippen molar-refractivity contribution >= 4 is 28.4 Å². The van der Waals surface area contributed by atoms with Gasteiger partial charge in [-0.15, -0.1) is 0 Å². The summed E-state index contributed by atoms with van der Waals surface area (Å²) < 4.78 is 19.3. The number of ether oxygens (including phenoxy) is 3. The predicted molar refractivity (Wildman–Crippen MR) is 126 cm³/mol. The van der Waals surface area contributed by atoms with Crippen molar-refractivity contribution in [3.05, 3.63) is 82.2 Å². The molecule has 0 amide bonds. The average molecular weight is 535 g/mol. The highest BCUT2D eigenvalue weighted by Gasteiger charge is 2.46. The molecular weight excluding hydrogens is 509 g/mol. The first-order valence-corrected chi connectivity index (χ1v) is 11.7. The average Bonchev–Trinajstić information content (AvgIpc) is 2.78. The summed E-state index contributed by atoms with van der Waals surface area (Å²) in [5.74, 6) is -0.00568. The molecular formula is C23H26IN3O4. The lowest BCUT2D eigenvalue weighted by molar-refractivity contribution is -0.205. The van der Waals surface area contributed by atoms with Crippen molar-refractivity contribution < 1.29 is 19.0 Å². The summed E-state index contributed by atoms with van der Waals surface area (Å²) in [4.78, 5) is 15.0. The van der Waals surface area contributed by atoms with Crippen LogP contribution in [-0.2, 0) is 32.2 Å². The molecule has 0 aromatic heterocycles. The summed E-state index contributed by atoms with van der Waals surface area (Å²) >= 11 is 2.23. The van der Waals surface area contributed by atoms with Gasteiger partial charge in [-0.1, -0.05) is 88.4 Å². The molecule has 1 aliphatic heterocycles. The minimum absolute atomic E-state index is 0.00568. The van der Waals surface area contributed by atoms with Crippen LogP contribution in [0.25, 0.3) is 10.4 Å². The molecule has 1 saturated heterocycles. The highest BCUT2D eigenvalue weighted by Crippen LogP contribution is 2.32. The molecule has 0 aliphatic carbocycles. The van der Waals surface area contributed by atoms with Crippen molar-refractivity contribution in [2.45, 2.75) is 57.0 Å². The third kappa shape index (κ3) is 6.75. The van der Waals surface area contributed by atoms with Gasteiger partial charge < -0.3 is 14.2 Å². The van der Waals surface area contributed by atoms with Gasteiger partial charge in [-0.2, -0.15) is 0 Å². The van der Waals surface area contributed by atoms with Gasteiger partial charge in [0.05, 0.1) is 43.7 Å². The van der Waals surface area contributed by atoms with E-state index >= 15 is 0 Å². The first-order chi connectivity index (χ1) is 15.1. The smallest absolute Gasteiger partial charge is 0.132 e. The van der Waals surface area contributed by atoms with Crippen LogP contribution in [-0.4, -0.2) is 40.7 Å². The first-order valence-electron chi connectivity index (χ1n) is 10.2. The van der Waals surface area contributed by atoms with E-state index in [1.54, 1.807) is 0 Å². The van der Waals surface area contributed by atoms with Gasteiger partial charge in [0.25, 0.3) is 0 Å². The molecule has 2 aromatic rings. The van der Waals surface area contributed by atoms with E-state index in [-0.39, 0.29) is 18.3 Å². The van der Waals surface area contributed by atoms with Crippen LogP contribution >= 0.6 is 22.6 Å². The van der Waals surface area contributed by atoms with Gasteiger partial charge in [-0.25, -0.2) is 0 Å². The number of rotatable bonds is 10. The number of alkyl halides is 1. The Morgan fingerprint density at radius 1 is 1.00 bits per heavy atom. The quantitative estimate of drug-likeness (QED) is 0.141. The van der Waals surface area contributed by atoms with Crippen molar-refractivity contribution in [1.29, 1.82) is 0 Å². The molecule has 0 unspecified atom stereocenters. The van der Waals surface area contributed by atoms with Crippen LogP contribution in [0.4, 0.5) is 0 Å². The highest BCUT2D eigenvalue weighted by atomic mass is 127. The fourth-order valence-electron chi connectivity index (χ4n) is 3.71. The van der Waals surface area contributed by atoms with Gasteiger partial charge in [-0.3, -0.25) is 4.79 Å². The van der Waals surface area contributed by atoms with Crippen LogP contribution in [0, 0.1) is 0 Å². The zero-order chi connectivity index (χ0) is 22.1. The number of nitrogens with zero attached hydrogens (tertiary/aromatic N) is 3. The zero-order valence-corrected chi connectivity index (χ0v) is 19.5. The van der Waals surface area contributed by atoms with E-state index in [0.29, 0.717) is 17.6 Å². The fraction of sp³-hybridized carbons (Fsp3) is 0.435. The highest BCUT2D eigenvalue weighted by molar-refractivity contribution is 14.1. The summed E-state index contributed by atoms with van der Waals surface area (Å²) in [6, 6.07) is 18.9. The van der Waals surface area contributed by atoms with Crippen molar-refractivity contribution in [3.8, 4) is 0 Å². The molecule has 0 radical (unpaired) electrons. The maximum atomic E-state index is 11.9. The minimum Gasteiger partial charge on any atom is -0.370 e. The van der Waals surface area contributed by atoms with Crippen LogP contribution in [0.1, 0.15) is 24.5 Å². The Labute approximate surface area is 195 Å². The predicted octanol–water partition coefficient (Wildman–Crippen LogP) is 5.02. The van der Waals surface area contributed by atoms with E-state index in [1.807, 2.05) is 60.7 Å². The van der Waals surface area contributed by atoms with Gasteiger partial charge >= 0.3 is 0 Å². The van der Waals surface area contributed by atoms with Crippen molar-refractivity contribution in [1.82, 2.24) is 0 Å². The number of benzene rings is 2. The SMILES string of the molecule is CC(=O)C[C@@H]1O[C@H](CI)[C@@H](OCc2ccccc2)[C@@H](N=[N+]=[N-])[C@H]1OCc1ccccc1. The summed E-state index contributed by atoms with van der Waals surface area (Å²) in [5, 5.41) is 4.06. The van der Waals surface area contributed by atoms with E-state index in [1.165, 1.54) is 6.92 Å². The number of halogens is 1. The summed E-state index contributed by atoms with van der Waals surface area (Å²) in [5.41, 5.74) is 11.3. The van der Waals surface area contributed by atoms with E-state index in [4.69, 9.17) is 14.2 Å². The largest absolute Gasteiger partial charge is 0.370 e. The molecule has 164 valence electrons.